The van der Waals surface area contributed by atoms with Gasteiger partial charge in [0.25, 0.3) is 0 Å². The summed E-state index contributed by atoms with van der Waals surface area (Å²) >= 11 is 0. The maximum absolute atomic E-state index is 13.1. The second kappa shape index (κ2) is 16.3. The zero-order chi connectivity index (χ0) is 37.6. The fourth-order valence-corrected chi connectivity index (χ4v) is 6.50. The minimum absolute atomic E-state index is 0.212. The Bertz CT molecular complexity index is 1860. The molecule has 52 heavy (non-hydrogen) atoms. The van der Waals surface area contributed by atoms with E-state index in [4.69, 9.17) is 14.5 Å². The molecule has 0 aliphatic heterocycles. The van der Waals surface area contributed by atoms with Gasteiger partial charge in [0.05, 0.1) is 29.8 Å². The predicted molar refractivity (Wildman–Crippen MR) is 194 cm³/mol. The lowest BCUT2D eigenvalue weighted by molar-refractivity contribution is -0.137. The highest BCUT2D eigenvalue weighted by Gasteiger charge is 2.31. The lowest BCUT2D eigenvalue weighted by atomic mass is 9.85. The number of anilines is 2. The van der Waals surface area contributed by atoms with Gasteiger partial charge in [0, 0.05) is 56.5 Å². The van der Waals surface area contributed by atoms with Gasteiger partial charge >= 0.3 is 12.3 Å². The molecule has 2 heterocycles. The Morgan fingerprint density at radius 1 is 1.06 bits per heavy atom. The molecule has 2 aromatic heterocycles. The number of hydrogen-bond donors (Lipinski definition) is 2. The molecule has 5 rings (SSSR count). The van der Waals surface area contributed by atoms with Gasteiger partial charge in [-0.3, -0.25) is 9.48 Å². The first-order chi connectivity index (χ1) is 24.6. The molecule has 1 aliphatic carbocycles. The quantitative estimate of drug-likeness (QED) is 0.153. The number of ether oxygens (including phenoxy) is 2. The Labute approximate surface area is 302 Å². The topological polar surface area (TPSA) is 124 Å². The maximum Gasteiger partial charge on any atom is 0.416 e. The Morgan fingerprint density at radius 3 is 2.48 bits per heavy atom. The molecule has 4 aromatic rings. The van der Waals surface area contributed by atoms with Crippen LogP contribution in [0.4, 0.5) is 29.7 Å². The Hall–Kier alpha value is -4.72. The smallest absolute Gasteiger partial charge is 0.416 e. The highest BCUT2D eigenvalue weighted by molar-refractivity contribution is 5.92. The number of aromatic nitrogens is 4. The zero-order valence-corrected chi connectivity index (χ0v) is 30.6. The third-order valence-electron chi connectivity index (χ3n) is 9.08. The molecular formula is C38H48F3N7O4. The molecule has 0 unspecified atom stereocenters. The van der Waals surface area contributed by atoms with Crippen LogP contribution in [0.1, 0.15) is 70.1 Å². The summed E-state index contributed by atoms with van der Waals surface area (Å²) in [5.74, 6) is 0.760. The van der Waals surface area contributed by atoms with Gasteiger partial charge in [0.15, 0.2) is 5.82 Å². The van der Waals surface area contributed by atoms with Crippen molar-refractivity contribution in [2.45, 2.75) is 84.0 Å². The summed E-state index contributed by atoms with van der Waals surface area (Å²) in [5.41, 5.74) is 2.38. The number of hydrogen-bond acceptors (Lipinski definition) is 8. The van der Waals surface area contributed by atoms with Crippen molar-refractivity contribution >= 4 is 34.7 Å². The summed E-state index contributed by atoms with van der Waals surface area (Å²) in [7, 11) is 3.39. The van der Waals surface area contributed by atoms with E-state index in [0.29, 0.717) is 37.4 Å². The van der Waals surface area contributed by atoms with Crippen LogP contribution in [0, 0.1) is 5.92 Å². The van der Waals surface area contributed by atoms with Gasteiger partial charge in [-0.25, -0.2) is 14.8 Å². The number of alkyl halides is 3. The highest BCUT2D eigenvalue weighted by atomic mass is 19.4. The molecule has 2 aromatic carbocycles. The van der Waals surface area contributed by atoms with Gasteiger partial charge < -0.3 is 25.0 Å². The van der Waals surface area contributed by atoms with Gasteiger partial charge in [-0.05, 0) is 88.1 Å². The van der Waals surface area contributed by atoms with Crippen LogP contribution in [0.2, 0.25) is 0 Å². The molecule has 2 N–H and O–H groups in total. The van der Waals surface area contributed by atoms with Crippen LogP contribution in [0.5, 0.6) is 0 Å². The first-order valence-electron chi connectivity index (χ1n) is 17.6. The van der Waals surface area contributed by atoms with Gasteiger partial charge in [0.1, 0.15) is 5.60 Å². The van der Waals surface area contributed by atoms with Crippen LogP contribution in [-0.2, 0) is 40.3 Å². The van der Waals surface area contributed by atoms with E-state index in [2.05, 4.69) is 33.7 Å². The number of rotatable bonds is 12. The standard InChI is InChI=1S/C38H48F3N7O4/c1-7-26-19-27(31-21-32(46-47(31)5)44-33(49)18-25-9-8-10-29(17-25)38(39,40)41)20-28-22-42-35(45-34(26)28)43-30-13-11-24(12-14-30)23-48(15-16-51-6)36(50)52-37(2,3)4/h8-10,17,19-22,24,30H,7,11-16,18,23H2,1-6H3,(H,42,43,45)(H,44,46,49). The SMILES string of the molecule is CCc1cc(-c2cc(NC(=O)Cc3cccc(C(F)(F)F)c3)nn2C)cc2cnc(NC3CCC(CN(CCOC)C(=O)OC(C)(C)C)CC3)nc12. The van der Waals surface area contributed by atoms with E-state index in [-0.39, 0.29) is 24.1 Å². The fraction of sp³-hybridized carbons (Fsp3) is 0.500. The number of fused-ring (bicyclic) bond motifs is 1. The van der Waals surface area contributed by atoms with Crippen molar-refractivity contribution in [3.05, 3.63) is 65.4 Å². The lowest BCUT2D eigenvalue weighted by Crippen LogP contribution is -2.42. The largest absolute Gasteiger partial charge is 0.444 e. The average Bonchev–Trinajstić information content (AvgIpc) is 3.44. The first-order valence-corrected chi connectivity index (χ1v) is 17.6. The zero-order valence-electron chi connectivity index (χ0n) is 30.6. The molecule has 0 radical (unpaired) electrons. The summed E-state index contributed by atoms with van der Waals surface area (Å²) in [4.78, 5) is 36.8. The molecule has 14 heteroatoms. The van der Waals surface area contributed by atoms with E-state index in [0.717, 1.165) is 72.0 Å². The van der Waals surface area contributed by atoms with Gasteiger partial charge in [-0.15, -0.1) is 0 Å². The molecule has 0 bridgehead atoms. The van der Waals surface area contributed by atoms with Crippen LogP contribution in [0.3, 0.4) is 0 Å². The lowest BCUT2D eigenvalue weighted by Gasteiger charge is -2.34. The summed E-state index contributed by atoms with van der Waals surface area (Å²) in [6, 6.07) is 10.7. The Balaban J connectivity index is 1.22. The summed E-state index contributed by atoms with van der Waals surface area (Å²) in [6.07, 6.45) is 1.29. The minimum atomic E-state index is -4.48. The molecule has 1 aliphatic rings. The van der Waals surface area contributed by atoms with E-state index >= 15 is 0 Å². The van der Waals surface area contributed by atoms with Crippen molar-refractivity contribution in [2.75, 3.05) is 37.4 Å². The highest BCUT2D eigenvalue weighted by Crippen LogP contribution is 2.32. The second-order valence-corrected chi connectivity index (χ2v) is 14.4. The maximum atomic E-state index is 13.1. The number of nitrogens with zero attached hydrogens (tertiary/aromatic N) is 5. The van der Waals surface area contributed by atoms with Gasteiger partial charge in [-0.2, -0.15) is 18.3 Å². The fourth-order valence-electron chi connectivity index (χ4n) is 6.50. The summed E-state index contributed by atoms with van der Waals surface area (Å²) in [6.45, 7) is 9.23. The predicted octanol–water partition coefficient (Wildman–Crippen LogP) is 7.65. The summed E-state index contributed by atoms with van der Waals surface area (Å²) in [5, 5.41) is 11.5. The van der Waals surface area contributed by atoms with Crippen LogP contribution in [-0.4, -0.2) is 75.1 Å². The van der Waals surface area contributed by atoms with E-state index in [1.165, 1.54) is 12.1 Å². The van der Waals surface area contributed by atoms with Crippen molar-refractivity contribution in [1.82, 2.24) is 24.6 Å². The first kappa shape index (κ1) is 38.5. The van der Waals surface area contributed by atoms with Crippen molar-refractivity contribution in [1.29, 1.82) is 0 Å². The molecule has 0 saturated heterocycles. The van der Waals surface area contributed by atoms with Crippen molar-refractivity contribution < 1.29 is 32.2 Å². The Kier molecular flexibility index (Phi) is 12.1. The van der Waals surface area contributed by atoms with Gasteiger partial charge in [0.2, 0.25) is 11.9 Å². The number of halogens is 3. The number of amides is 2. The van der Waals surface area contributed by atoms with Crippen molar-refractivity contribution in [3.63, 3.8) is 0 Å². The number of benzene rings is 2. The monoisotopic (exact) mass is 723 g/mol. The minimum Gasteiger partial charge on any atom is -0.444 e. The second-order valence-electron chi connectivity index (χ2n) is 14.4. The Morgan fingerprint density at radius 2 is 1.81 bits per heavy atom. The number of aryl methyl sites for hydroxylation is 2. The molecule has 1 saturated carbocycles. The number of methoxy groups -OCH3 is 1. The third kappa shape index (κ3) is 10.2. The van der Waals surface area contributed by atoms with Crippen LogP contribution >= 0.6 is 0 Å². The third-order valence-corrected chi connectivity index (χ3v) is 9.08. The average molecular weight is 724 g/mol. The number of nitrogens with one attached hydrogen (secondary N) is 2. The summed E-state index contributed by atoms with van der Waals surface area (Å²) < 4.78 is 51.8. The molecule has 2 amide bonds. The van der Waals surface area contributed by atoms with Crippen LogP contribution < -0.4 is 10.6 Å². The molecule has 0 spiro atoms. The molecule has 0 atom stereocenters. The molecular weight excluding hydrogens is 675 g/mol. The van der Waals surface area contributed by atoms with E-state index in [1.54, 1.807) is 29.8 Å². The van der Waals surface area contributed by atoms with E-state index in [1.807, 2.05) is 33.0 Å². The van der Waals surface area contributed by atoms with Crippen molar-refractivity contribution in [2.24, 2.45) is 13.0 Å². The van der Waals surface area contributed by atoms with Crippen LogP contribution in [0.25, 0.3) is 22.2 Å². The van der Waals surface area contributed by atoms with Gasteiger partial charge in [-0.1, -0.05) is 25.1 Å². The van der Waals surface area contributed by atoms with E-state index < -0.39 is 23.2 Å². The van der Waals surface area contributed by atoms with E-state index in [9.17, 15) is 22.8 Å². The normalized spacial score (nSPS) is 16.5. The van der Waals surface area contributed by atoms with Crippen molar-refractivity contribution in [3.8, 4) is 11.3 Å². The van der Waals surface area contributed by atoms with Crippen LogP contribution in [0.15, 0.2) is 48.7 Å². The number of carbonyl (C=O) groups is 2. The molecule has 280 valence electrons. The molecule has 1 fully saturated rings. The molecule has 11 nitrogen and oxygen atoms in total. The number of carbonyl (C=O) groups excluding carboxylic acids is 2.